The summed E-state index contributed by atoms with van der Waals surface area (Å²) in [6, 6.07) is 13.7. The van der Waals surface area contributed by atoms with E-state index in [1.165, 1.54) is 0 Å². The number of nitrogens with two attached hydrogens (primary N) is 2. The molecule has 27 heavy (non-hydrogen) atoms. The Morgan fingerprint density at radius 3 is 1.41 bits per heavy atom. The molecular weight excluding hydrogens is 340 g/mol. The predicted molar refractivity (Wildman–Crippen MR) is 105 cm³/mol. The average molecular weight is 360 g/mol. The van der Waals surface area contributed by atoms with Crippen molar-refractivity contribution in [1.29, 1.82) is 0 Å². The van der Waals surface area contributed by atoms with Gasteiger partial charge in [-0.05, 0) is 66.8 Å². The van der Waals surface area contributed by atoms with E-state index < -0.39 is 11.8 Å². The molecule has 0 bridgehead atoms. The van der Waals surface area contributed by atoms with E-state index in [2.05, 4.69) is 0 Å². The van der Waals surface area contributed by atoms with Crippen LogP contribution < -0.4 is 11.5 Å². The van der Waals surface area contributed by atoms with Crippen molar-refractivity contribution in [3.8, 4) is 0 Å². The molecular formula is C22H20N2O3. The molecule has 0 heterocycles. The van der Waals surface area contributed by atoms with E-state index in [1.807, 2.05) is 12.2 Å². The minimum Gasteiger partial charge on any atom is -0.366 e. The summed E-state index contributed by atoms with van der Waals surface area (Å²) in [4.78, 5) is 35.1. The highest BCUT2D eigenvalue weighted by Gasteiger charge is 2.20. The lowest BCUT2D eigenvalue weighted by Gasteiger charge is -2.16. The number of carbonyl (C=O) groups excluding carboxylic acids is 3. The minimum atomic E-state index is -0.476. The molecule has 0 saturated heterocycles. The summed E-state index contributed by atoms with van der Waals surface area (Å²) in [6.45, 7) is 0. The molecule has 1 aliphatic carbocycles. The van der Waals surface area contributed by atoms with Gasteiger partial charge in [0.1, 0.15) is 0 Å². The van der Waals surface area contributed by atoms with Gasteiger partial charge in [-0.15, -0.1) is 0 Å². The molecule has 0 spiro atoms. The number of hydrogen-bond donors (Lipinski definition) is 2. The molecule has 3 rings (SSSR count). The van der Waals surface area contributed by atoms with Crippen molar-refractivity contribution in [2.75, 3.05) is 0 Å². The van der Waals surface area contributed by atoms with E-state index in [9.17, 15) is 14.4 Å². The van der Waals surface area contributed by atoms with E-state index >= 15 is 0 Å². The number of hydrogen-bond acceptors (Lipinski definition) is 3. The minimum absolute atomic E-state index is 0.0270. The molecule has 0 aromatic heterocycles. The van der Waals surface area contributed by atoms with Crippen molar-refractivity contribution in [2.24, 2.45) is 11.5 Å². The normalized spacial score (nSPS) is 17.3. The highest BCUT2D eigenvalue weighted by molar-refractivity contribution is 6.14. The molecule has 5 nitrogen and oxygen atoms in total. The average Bonchev–Trinajstić information content (AvgIpc) is 2.66. The van der Waals surface area contributed by atoms with Gasteiger partial charge < -0.3 is 11.5 Å². The Hall–Kier alpha value is -3.47. The first-order valence-corrected chi connectivity index (χ1v) is 8.69. The monoisotopic (exact) mass is 360 g/mol. The molecule has 5 heteroatoms. The Morgan fingerprint density at radius 2 is 1.07 bits per heavy atom. The van der Waals surface area contributed by atoms with Crippen LogP contribution in [0.15, 0.2) is 59.7 Å². The van der Waals surface area contributed by atoms with Crippen LogP contribution >= 0.6 is 0 Å². The van der Waals surface area contributed by atoms with Gasteiger partial charge in [-0.25, -0.2) is 0 Å². The number of primary amides is 2. The maximum atomic E-state index is 12.8. The van der Waals surface area contributed by atoms with Crippen molar-refractivity contribution in [2.45, 2.75) is 19.3 Å². The van der Waals surface area contributed by atoms with Crippen LogP contribution in [0.4, 0.5) is 0 Å². The van der Waals surface area contributed by atoms with Crippen LogP contribution in [-0.4, -0.2) is 17.6 Å². The first-order valence-electron chi connectivity index (χ1n) is 8.69. The fraction of sp³-hybridized carbons (Fsp3) is 0.136. The Bertz CT molecular complexity index is 875. The summed E-state index contributed by atoms with van der Waals surface area (Å²) in [6.07, 6.45) is 6.04. The number of rotatable bonds is 4. The van der Waals surface area contributed by atoms with Crippen molar-refractivity contribution >= 4 is 29.7 Å². The van der Waals surface area contributed by atoms with Crippen LogP contribution in [0.3, 0.4) is 0 Å². The molecule has 1 saturated carbocycles. The predicted octanol–water partition coefficient (Wildman–Crippen LogP) is 3.10. The molecule has 2 aromatic carbocycles. The summed E-state index contributed by atoms with van der Waals surface area (Å²) < 4.78 is 0. The zero-order chi connectivity index (χ0) is 19.4. The number of Topliss-reactive ketones (excluding diaryl/α,β-unsaturated/α-hetero) is 1. The summed E-state index contributed by atoms with van der Waals surface area (Å²) in [5.74, 6) is -0.926. The summed E-state index contributed by atoms with van der Waals surface area (Å²) >= 11 is 0. The Morgan fingerprint density at radius 1 is 0.704 bits per heavy atom. The third kappa shape index (κ3) is 4.39. The standard InChI is InChI=1S/C22H20N2O3/c23-21(26)16-8-4-14(5-9-16)12-18-2-1-3-19(20(18)25)13-15-6-10-17(11-7-15)22(24)27/h4-13H,1-3H2,(H2,23,26)(H2,24,27)/b18-12+,19-13+. The zero-order valence-electron chi connectivity index (χ0n) is 14.8. The Labute approximate surface area is 157 Å². The second kappa shape index (κ2) is 7.83. The number of benzene rings is 2. The van der Waals surface area contributed by atoms with Crippen LogP contribution in [0.25, 0.3) is 12.2 Å². The molecule has 0 unspecified atom stereocenters. The van der Waals surface area contributed by atoms with Gasteiger partial charge in [0.15, 0.2) is 5.78 Å². The van der Waals surface area contributed by atoms with Crippen molar-refractivity contribution in [1.82, 2.24) is 0 Å². The summed E-state index contributed by atoms with van der Waals surface area (Å²) in [5.41, 5.74) is 14.6. The molecule has 0 aliphatic heterocycles. The third-order valence-electron chi connectivity index (χ3n) is 4.55. The lowest BCUT2D eigenvalue weighted by molar-refractivity contribution is -0.112. The summed E-state index contributed by atoms with van der Waals surface area (Å²) in [7, 11) is 0. The molecule has 0 atom stereocenters. The quantitative estimate of drug-likeness (QED) is 0.819. The van der Waals surface area contributed by atoms with Gasteiger partial charge in [-0.2, -0.15) is 0 Å². The molecule has 2 aromatic rings. The third-order valence-corrected chi connectivity index (χ3v) is 4.55. The fourth-order valence-corrected chi connectivity index (χ4v) is 3.07. The maximum absolute atomic E-state index is 12.8. The van der Waals surface area contributed by atoms with Crippen LogP contribution in [0.5, 0.6) is 0 Å². The first kappa shape index (κ1) is 18.3. The molecule has 2 amide bonds. The van der Waals surface area contributed by atoms with Crippen molar-refractivity contribution in [3.05, 3.63) is 81.9 Å². The summed E-state index contributed by atoms with van der Waals surface area (Å²) in [5, 5.41) is 0. The van der Waals surface area contributed by atoms with Crippen LogP contribution in [-0.2, 0) is 4.79 Å². The number of ketones is 1. The molecule has 0 radical (unpaired) electrons. The van der Waals surface area contributed by atoms with E-state index in [1.54, 1.807) is 48.5 Å². The second-order valence-corrected chi connectivity index (χ2v) is 6.49. The molecule has 1 aliphatic rings. The van der Waals surface area contributed by atoms with Crippen LogP contribution in [0, 0.1) is 0 Å². The van der Waals surface area contributed by atoms with Crippen molar-refractivity contribution < 1.29 is 14.4 Å². The van der Waals surface area contributed by atoms with Gasteiger partial charge in [0.25, 0.3) is 0 Å². The topological polar surface area (TPSA) is 103 Å². The fourth-order valence-electron chi connectivity index (χ4n) is 3.07. The molecule has 1 fully saturated rings. The Kier molecular flexibility index (Phi) is 5.31. The number of amides is 2. The smallest absolute Gasteiger partial charge is 0.248 e. The lowest BCUT2D eigenvalue weighted by atomic mass is 9.86. The van der Waals surface area contributed by atoms with E-state index in [4.69, 9.17) is 11.5 Å². The highest BCUT2D eigenvalue weighted by atomic mass is 16.1. The molecule has 4 N–H and O–H groups in total. The first-order chi connectivity index (χ1) is 12.9. The van der Waals surface area contributed by atoms with Gasteiger partial charge in [0.05, 0.1) is 0 Å². The largest absolute Gasteiger partial charge is 0.366 e. The van der Waals surface area contributed by atoms with E-state index in [-0.39, 0.29) is 5.78 Å². The van der Waals surface area contributed by atoms with Crippen molar-refractivity contribution in [3.63, 3.8) is 0 Å². The molecule has 136 valence electrons. The SMILES string of the molecule is NC(=O)c1ccc(/C=C2\CCC/C(=C\c3ccc(C(N)=O)cc3)C2=O)cc1. The number of allylic oxidation sites excluding steroid dienone is 2. The van der Waals surface area contributed by atoms with Crippen LogP contribution in [0.1, 0.15) is 51.1 Å². The van der Waals surface area contributed by atoms with Crippen LogP contribution in [0.2, 0.25) is 0 Å². The van der Waals surface area contributed by atoms with Gasteiger partial charge in [-0.1, -0.05) is 24.3 Å². The van der Waals surface area contributed by atoms with E-state index in [0.717, 1.165) is 28.7 Å². The Balaban J connectivity index is 1.82. The van der Waals surface area contributed by atoms with Gasteiger partial charge >= 0.3 is 0 Å². The van der Waals surface area contributed by atoms with Gasteiger partial charge in [0, 0.05) is 22.3 Å². The number of carbonyl (C=O) groups is 3. The van der Waals surface area contributed by atoms with Gasteiger partial charge in [0.2, 0.25) is 11.8 Å². The van der Waals surface area contributed by atoms with Gasteiger partial charge in [-0.3, -0.25) is 14.4 Å². The highest BCUT2D eigenvalue weighted by Crippen LogP contribution is 2.28. The maximum Gasteiger partial charge on any atom is 0.248 e. The second-order valence-electron chi connectivity index (χ2n) is 6.49. The zero-order valence-corrected chi connectivity index (χ0v) is 14.8. The van der Waals surface area contributed by atoms with E-state index in [0.29, 0.717) is 24.0 Å². The lowest BCUT2D eigenvalue weighted by Crippen LogP contribution is -2.12.